The van der Waals surface area contributed by atoms with Crippen LogP contribution in [0.3, 0.4) is 0 Å². The number of anilines is 1. The molecule has 0 fully saturated rings. The van der Waals surface area contributed by atoms with Crippen molar-refractivity contribution in [3.63, 3.8) is 0 Å². The van der Waals surface area contributed by atoms with E-state index in [2.05, 4.69) is 29.9 Å². The molecule has 1 aromatic rings. The largest absolute Gasteiger partial charge is 0.374 e. The van der Waals surface area contributed by atoms with Crippen LogP contribution in [0.25, 0.3) is 0 Å². The van der Waals surface area contributed by atoms with E-state index in [0.717, 1.165) is 17.9 Å². The van der Waals surface area contributed by atoms with Gasteiger partial charge in [0.05, 0.1) is 0 Å². The second-order valence-corrected chi connectivity index (χ2v) is 4.68. The van der Waals surface area contributed by atoms with Crippen molar-refractivity contribution in [3.8, 4) is 0 Å². The Hall–Kier alpha value is -1.09. The third-order valence-corrected chi connectivity index (χ3v) is 3.15. The van der Waals surface area contributed by atoms with E-state index >= 15 is 0 Å². The van der Waals surface area contributed by atoms with Crippen molar-refractivity contribution in [3.05, 3.63) is 23.0 Å². The molecule has 0 aromatic carbocycles. The molecule has 3 nitrogen and oxygen atoms in total. The summed E-state index contributed by atoms with van der Waals surface area (Å²) in [6.45, 7) is 7.96. The summed E-state index contributed by atoms with van der Waals surface area (Å²) in [5.74, 6) is 0. The van der Waals surface area contributed by atoms with E-state index in [-0.39, 0.29) is 0 Å². The van der Waals surface area contributed by atoms with Crippen molar-refractivity contribution in [1.82, 2.24) is 4.98 Å². The lowest BCUT2D eigenvalue weighted by Crippen LogP contribution is -2.22. The first-order chi connectivity index (χ1) is 8.10. The number of rotatable bonds is 6. The monoisotopic (exact) mass is 235 g/mol. The average Bonchev–Trinajstić information content (AvgIpc) is 2.28. The molecule has 0 aliphatic rings. The Morgan fingerprint density at radius 1 is 1.29 bits per heavy atom. The first kappa shape index (κ1) is 14.0. The Kier molecular flexibility index (Phi) is 5.42. The third kappa shape index (κ3) is 3.70. The molecule has 0 radical (unpaired) electrons. The molecule has 1 aromatic heterocycles. The molecule has 2 N–H and O–H groups in total. The van der Waals surface area contributed by atoms with E-state index in [4.69, 9.17) is 5.73 Å². The summed E-state index contributed by atoms with van der Waals surface area (Å²) >= 11 is 0. The van der Waals surface area contributed by atoms with E-state index in [0.29, 0.717) is 6.54 Å². The van der Waals surface area contributed by atoms with Gasteiger partial charge < -0.3 is 10.6 Å². The number of hydrogen-bond donors (Lipinski definition) is 1. The van der Waals surface area contributed by atoms with Crippen LogP contribution in [0.5, 0.6) is 0 Å². The highest BCUT2D eigenvalue weighted by Gasteiger charge is 2.10. The first-order valence-corrected chi connectivity index (χ1v) is 6.48. The molecule has 0 atom stereocenters. The number of aromatic nitrogens is 1. The average molecular weight is 235 g/mol. The molecule has 1 rings (SSSR count). The van der Waals surface area contributed by atoms with Crippen LogP contribution in [0.4, 0.5) is 5.69 Å². The number of aryl methyl sites for hydroxylation is 2. The van der Waals surface area contributed by atoms with Crippen LogP contribution in [-0.2, 0) is 6.54 Å². The van der Waals surface area contributed by atoms with Crippen LogP contribution in [0.1, 0.15) is 43.1 Å². The molecule has 0 bridgehead atoms. The quantitative estimate of drug-likeness (QED) is 0.771. The summed E-state index contributed by atoms with van der Waals surface area (Å²) < 4.78 is 0. The molecular formula is C14H25N3. The Labute approximate surface area is 105 Å². The Balaban J connectivity index is 2.87. The number of hydrogen-bond acceptors (Lipinski definition) is 3. The van der Waals surface area contributed by atoms with Crippen molar-refractivity contribution in [2.24, 2.45) is 5.73 Å². The van der Waals surface area contributed by atoms with E-state index in [9.17, 15) is 0 Å². The van der Waals surface area contributed by atoms with Crippen molar-refractivity contribution < 1.29 is 0 Å². The zero-order chi connectivity index (χ0) is 12.8. The van der Waals surface area contributed by atoms with Crippen LogP contribution in [-0.4, -0.2) is 18.6 Å². The van der Waals surface area contributed by atoms with Gasteiger partial charge in [-0.2, -0.15) is 0 Å². The molecule has 0 aliphatic heterocycles. The van der Waals surface area contributed by atoms with Gasteiger partial charge in [-0.05, 0) is 26.3 Å². The van der Waals surface area contributed by atoms with Crippen LogP contribution in [0.15, 0.2) is 6.07 Å². The van der Waals surface area contributed by atoms with Gasteiger partial charge >= 0.3 is 0 Å². The van der Waals surface area contributed by atoms with Crippen LogP contribution >= 0.6 is 0 Å². The van der Waals surface area contributed by atoms with Gasteiger partial charge in [-0.15, -0.1) is 0 Å². The molecule has 0 saturated heterocycles. The van der Waals surface area contributed by atoms with Gasteiger partial charge in [-0.25, -0.2) is 0 Å². The van der Waals surface area contributed by atoms with Gasteiger partial charge in [0.1, 0.15) is 0 Å². The van der Waals surface area contributed by atoms with Crippen molar-refractivity contribution >= 4 is 5.69 Å². The summed E-state index contributed by atoms with van der Waals surface area (Å²) in [5.41, 5.74) is 10.4. The van der Waals surface area contributed by atoms with E-state index in [1.54, 1.807) is 0 Å². The maximum atomic E-state index is 5.83. The number of nitrogens with zero attached hydrogens (tertiary/aromatic N) is 2. The molecule has 17 heavy (non-hydrogen) atoms. The minimum Gasteiger partial charge on any atom is -0.374 e. The normalized spacial score (nSPS) is 10.6. The maximum absolute atomic E-state index is 5.83. The van der Waals surface area contributed by atoms with E-state index in [1.165, 1.54) is 30.5 Å². The van der Waals surface area contributed by atoms with Gasteiger partial charge in [0.25, 0.3) is 0 Å². The van der Waals surface area contributed by atoms with Crippen molar-refractivity contribution in [2.45, 2.75) is 46.6 Å². The summed E-state index contributed by atoms with van der Waals surface area (Å²) in [5, 5.41) is 0. The highest BCUT2D eigenvalue weighted by atomic mass is 15.1. The standard InChI is InChI=1S/C14H25N3/c1-5-6-7-8-17(4)14-9-11(2)16-12(3)13(14)10-15/h9H,5-8,10,15H2,1-4H3. The number of pyridine rings is 1. The lowest BCUT2D eigenvalue weighted by atomic mass is 10.1. The lowest BCUT2D eigenvalue weighted by molar-refractivity contribution is 0.702. The molecule has 0 aliphatic carbocycles. The highest BCUT2D eigenvalue weighted by Crippen LogP contribution is 2.23. The molecule has 0 spiro atoms. The molecule has 96 valence electrons. The predicted molar refractivity (Wildman–Crippen MR) is 74.4 cm³/mol. The predicted octanol–water partition coefficient (Wildman–Crippen LogP) is 2.78. The fourth-order valence-corrected chi connectivity index (χ4v) is 2.15. The fourth-order valence-electron chi connectivity index (χ4n) is 2.15. The summed E-state index contributed by atoms with van der Waals surface area (Å²) in [7, 11) is 2.14. The first-order valence-electron chi connectivity index (χ1n) is 6.48. The maximum Gasteiger partial charge on any atom is 0.0445 e. The molecule has 0 amide bonds. The molecule has 3 heteroatoms. The van der Waals surface area contributed by atoms with Gasteiger partial charge in [0.15, 0.2) is 0 Å². The Morgan fingerprint density at radius 2 is 2.00 bits per heavy atom. The third-order valence-electron chi connectivity index (χ3n) is 3.15. The Morgan fingerprint density at radius 3 is 2.59 bits per heavy atom. The van der Waals surface area contributed by atoms with E-state index < -0.39 is 0 Å². The van der Waals surface area contributed by atoms with Crippen LogP contribution < -0.4 is 10.6 Å². The molecule has 0 unspecified atom stereocenters. The topological polar surface area (TPSA) is 42.2 Å². The number of unbranched alkanes of at least 4 members (excludes halogenated alkanes) is 2. The second kappa shape index (κ2) is 6.60. The van der Waals surface area contributed by atoms with E-state index in [1.807, 2.05) is 13.8 Å². The highest BCUT2D eigenvalue weighted by molar-refractivity contribution is 5.55. The van der Waals surface area contributed by atoms with Crippen LogP contribution in [0.2, 0.25) is 0 Å². The SMILES string of the molecule is CCCCCN(C)c1cc(C)nc(C)c1CN. The zero-order valence-electron chi connectivity index (χ0n) is 11.6. The fraction of sp³-hybridized carbons (Fsp3) is 0.643. The molecular weight excluding hydrogens is 210 g/mol. The lowest BCUT2D eigenvalue weighted by Gasteiger charge is -2.23. The smallest absolute Gasteiger partial charge is 0.0445 e. The Bertz CT molecular complexity index is 361. The minimum atomic E-state index is 0.562. The van der Waals surface area contributed by atoms with Gasteiger partial charge in [-0.3, -0.25) is 4.98 Å². The molecule has 1 heterocycles. The van der Waals surface area contributed by atoms with Crippen molar-refractivity contribution in [2.75, 3.05) is 18.5 Å². The summed E-state index contributed by atoms with van der Waals surface area (Å²) in [6, 6.07) is 2.14. The number of nitrogens with two attached hydrogens (primary N) is 1. The summed E-state index contributed by atoms with van der Waals surface area (Å²) in [4.78, 5) is 6.78. The zero-order valence-corrected chi connectivity index (χ0v) is 11.6. The van der Waals surface area contributed by atoms with Gasteiger partial charge in [0, 0.05) is 42.8 Å². The summed E-state index contributed by atoms with van der Waals surface area (Å²) in [6.07, 6.45) is 3.77. The molecule has 0 saturated carbocycles. The van der Waals surface area contributed by atoms with Crippen LogP contribution in [0, 0.1) is 13.8 Å². The second-order valence-electron chi connectivity index (χ2n) is 4.68. The van der Waals surface area contributed by atoms with Crippen molar-refractivity contribution in [1.29, 1.82) is 0 Å². The van der Waals surface area contributed by atoms with Gasteiger partial charge in [-0.1, -0.05) is 19.8 Å². The van der Waals surface area contributed by atoms with Gasteiger partial charge in [0.2, 0.25) is 0 Å². The minimum absolute atomic E-state index is 0.562.